The lowest BCUT2D eigenvalue weighted by Crippen LogP contribution is -2.44. The third kappa shape index (κ3) is 4.23. The summed E-state index contributed by atoms with van der Waals surface area (Å²) in [6.45, 7) is 9.28. The minimum Gasteiger partial charge on any atom is -0.493 e. The van der Waals surface area contributed by atoms with E-state index < -0.39 is 5.60 Å². The number of amides is 1. The second-order valence-electron chi connectivity index (χ2n) is 6.50. The Morgan fingerprint density at radius 2 is 1.95 bits per heavy atom. The van der Waals surface area contributed by atoms with Crippen molar-refractivity contribution in [3.05, 3.63) is 24.3 Å². The van der Waals surface area contributed by atoms with Crippen LogP contribution in [-0.2, 0) is 9.53 Å². The smallest absolute Gasteiger partial charge is 0.256 e. The first-order valence-electron chi connectivity index (χ1n) is 8.14. The van der Waals surface area contributed by atoms with Crippen molar-refractivity contribution < 1.29 is 14.3 Å². The molecular weight excluding hydrogens is 278 g/mol. The number of benzene rings is 1. The minimum absolute atomic E-state index is 0.0623. The quantitative estimate of drug-likeness (QED) is 0.793. The molecule has 2 rings (SSSR count). The molecule has 1 aliphatic carbocycles. The average molecular weight is 305 g/mol. The Labute approximate surface area is 133 Å². The van der Waals surface area contributed by atoms with Crippen LogP contribution in [0.2, 0.25) is 0 Å². The lowest BCUT2D eigenvalue weighted by atomic mass is 9.99. The summed E-state index contributed by atoms with van der Waals surface area (Å²) in [6, 6.07) is 7.50. The summed E-state index contributed by atoms with van der Waals surface area (Å²) in [5.41, 5.74) is 0.0511. The van der Waals surface area contributed by atoms with Gasteiger partial charge in [-0.2, -0.15) is 0 Å². The Morgan fingerprint density at radius 1 is 1.32 bits per heavy atom. The highest BCUT2D eigenvalue weighted by Gasteiger charge is 2.48. The predicted octanol–water partition coefficient (Wildman–Crippen LogP) is 3.87. The molecule has 1 aliphatic rings. The normalized spacial score (nSPS) is 17.1. The Bertz CT molecular complexity index is 494. The number of nitrogens with one attached hydrogen (secondary N) is 1. The van der Waals surface area contributed by atoms with E-state index >= 15 is 0 Å². The molecular formula is C18H27NO3. The topological polar surface area (TPSA) is 47.6 Å². The number of rotatable bonds is 8. The van der Waals surface area contributed by atoms with E-state index in [0.717, 1.165) is 24.3 Å². The summed E-state index contributed by atoms with van der Waals surface area (Å²) in [4.78, 5) is 12.5. The number of anilines is 1. The largest absolute Gasteiger partial charge is 0.493 e. The second-order valence-corrected chi connectivity index (χ2v) is 6.50. The zero-order chi connectivity index (χ0) is 16.2. The van der Waals surface area contributed by atoms with Gasteiger partial charge in [-0.3, -0.25) is 4.79 Å². The Morgan fingerprint density at radius 3 is 2.45 bits per heavy atom. The summed E-state index contributed by atoms with van der Waals surface area (Å²) < 4.78 is 11.4. The zero-order valence-electron chi connectivity index (χ0n) is 14.0. The Kier molecular flexibility index (Phi) is 5.46. The van der Waals surface area contributed by atoms with Crippen LogP contribution in [0.25, 0.3) is 0 Å². The molecule has 0 unspecified atom stereocenters. The van der Waals surface area contributed by atoms with Gasteiger partial charge in [0.05, 0.1) is 6.61 Å². The molecule has 0 bridgehead atoms. The van der Waals surface area contributed by atoms with E-state index in [4.69, 9.17) is 9.47 Å². The Hall–Kier alpha value is -1.55. The molecule has 1 N–H and O–H groups in total. The van der Waals surface area contributed by atoms with Crippen LogP contribution in [0.4, 0.5) is 5.69 Å². The fraction of sp³-hybridized carbons (Fsp3) is 0.611. The molecule has 0 radical (unpaired) electrons. The summed E-state index contributed by atoms with van der Waals surface area (Å²) in [6.07, 6.45) is 2.12. The minimum atomic E-state index is -0.721. The van der Waals surface area contributed by atoms with Gasteiger partial charge in [0.2, 0.25) is 0 Å². The van der Waals surface area contributed by atoms with Crippen LogP contribution in [0.5, 0.6) is 5.75 Å². The number of carbonyl (C=O) groups is 1. The van der Waals surface area contributed by atoms with Gasteiger partial charge in [-0.1, -0.05) is 13.8 Å². The summed E-state index contributed by atoms with van der Waals surface area (Å²) in [5, 5.41) is 2.96. The molecule has 22 heavy (non-hydrogen) atoms. The Balaban J connectivity index is 1.96. The van der Waals surface area contributed by atoms with Gasteiger partial charge in [0.1, 0.15) is 11.4 Å². The molecule has 1 aromatic carbocycles. The molecule has 0 spiro atoms. The first kappa shape index (κ1) is 16.8. The van der Waals surface area contributed by atoms with Crippen molar-refractivity contribution in [1.29, 1.82) is 0 Å². The maximum absolute atomic E-state index is 12.5. The van der Waals surface area contributed by atoms with Crippen molar-refractivity contribution in [3.63, 3.8) is 0 Å². The van der Waals surface area contributed by atoms with E-state index in [-0.39, 0.29) is 5.91 Å². The molecule has 1 atom stereocenters. The fourth-order valence-electron chi connectivity index (χ4n) is 2.46. The van der Waals surface area contributed by atoms with Crippen LogP contribution in [0.1, 0.15) is 40.5 Å². The monoisotopic (exact) mass is 305 g/mol. The van der Waals surface area contributed by atoms with E-state index in [1.165, 1.54) is 0 Å². The molecule has 1 aromatic rings. The first-order valence-corrected chi connectivity index (χ1v) is 8.14. The molecule has 0 aliphatic heterocycles. The molecule has 1 fully saturated rings. The standard InChI is InChI=1S/C18H27NO3/c1-5-22-18(4,14-6-7-14)17(20)19-15-8-10-16(11-9-15)21-12-13(2)3/h8-11,13-14H,5-7,12H2,1-4H3,(H,19,20)/t18-/m1/s1. The SMILES string of the molecule is CCO[C@@](C)(C(=O)Nc1ccc(OCC(C)C)cc1)C1CC1. The number of carbonyl (C=O) groups excluding carboxylic acids is 1. The van der Waals surface area contributed by atoms with Gasteiger partial charge < -0.3 is 14.8 Å². The van der Waals surface area contributed by atoms with Crippen molar-refractivity contribution in [3.8, 4) is 5.75 Å². The van der Waals surface area contributed by atoms with Gasteiger partial charge in [-0.15, -0.1) is 0 Å². The highest BCUT2D eigenvalue weighted by molar-refractivity contribution is 5.97. The molecule has 4 heteroatoms. The highest BCUT2D eigenvalue weighted by atomic mass is 16.5. The van der Waals surface area contributed by atoms with Gasteiger partial charge in [0.25, 0.3) is 5.91 Å². The van der Waals surface area contributed by atoms with Crippen molar-refractivity contribution in [1.82, 2.24) is 0 Å². The van der Waals surface area contributed by atoms with Crippen molar-refractivity contribution >= 4 is 11.6 Å². The molecule has 1 amide bonds. The van der Waals surface area contributed by atoms with Crippen LogP contribution in [0, 0.1) is 11.8 Å². The van der Waals surface area contributed by atoms with Crippen LogP contribution < -0.4 is 10.1 Å². The maximum Gasteiger partial charge on any atom is 0.256 e. The average Bonchev–Trinajstić information content (AvgIpc) is 3.31. The molecule has 0 heterocycles. The highest BCUT2D eigenvalue weighted by Crippen LogP contribution is 2.42. The molecule has 0 aromatic heterocycles. The first-order chi connectivity index (χ1) is 10.5. The second kappa shape index (κ2) is 7.14. The summed E-state index contributed by atoms with van der Waals surface area (Å²) in [7, 11) is 0. The molecule has 122 valence electrons. The van der Waals surface area contributed by atoms with Crippen LogP contribution in [0.3, 0.4) is 0 Å². The van der Waals surface area contributed by atoms with Crippen molar-refractivity contribution in [2.24, 2.45) is 11.8 Å². The van der Waals surface area contributed by atoms with Gasteiger partial charge >= 0.3 is 0 Å². The third-order valence-electron chi connectivity index (χ3n) is 3.95. The van der Waals surface area contributed by atoms with E-state index in [1.54, 1.807) is 0 Å². The van der Waals surface area contributed by atoms with Gasteiger partial charge in [0.15, 0.2) is 0 Å². The van der Waals surface area contributed by atoms with Crippen molar-refractivity contribution in [2.45, 2.75) is 46.1 Å². The van der Waals surface area contributed by atoms with Gasteiger partial charge in [0, 0.05) is 12.3 Å². The molecule has 1 saturated carbocycles. The number of hydrogen-bond acceptors (Lipinski definition) is 3. The number of ether oxygens (including phenoxy) is 2. The lowest BCUT2D eigenvalue weighted by Gasteiger charge is -2.28. The van der Waals surface area contributed by atoms with Gasteiger partial charge in [-0.25, -0.2) is 0 Å². The van der Waals surface area contributed by atoms with Crippen LogP contribution in [0.15, 0.2) is 24.3 Å². The third-order valence-corrected chi connectivity index (χ3v) is 3.95. The van der Waals surface area contributed by atoms with E-state index in [2.05, 4.69) is 19.2 Å². The summed E-state index contributed by atoms with van der Waals surface area (Å²) >= 11 is 0. The van der Waals surface area contributed by atoms with Crippen LogP contribution in [-0.4, -0.2) is 24.7 Å². The van der Waals surface area contributed by atoms with E-state index in [1.807, 2.05) is 38.1 Å². The maximum atomic E-state index is 12.5. The zero-order valence-corrected chi connectivity index (χ0v) is 14.0. The fourth-order valence-corrected chi connectivity index (χ4v) is 2.46. The lowest BCUT2D eigenvalue weighted by molar-refractivity contribution is -0.141. The van der Waals surface area contributed by atoms with E-state index in [9.17, 15) is 4.79 Å². The van der Waals surface area contributed by atoms with Crippen molar-refractivity contribution in [2.75, 3.05) is 18.5 Å². The molecule has 0 saturated heterocycles. The van der Waals surface area contributed by atoms with Crippen LogP contribution >= 0.6 is 0 Å². The molecule has 4 nitrogen and oxygen atoms in total. The van der Waals surface area contributed by atoms with Gasteiger partial charge in [-0.05, 0) is 62.8 Å². The number of hydrogen-bond donors (Lipinski definition) is 1. The van der Waals surface area contributed by atoms with E-state index in [0.29, 0.717) is 25.0 Å². The predicted molar refractivity (Wildman–Crippen MR) is 88.2 cm³/mol. The summed E-state index contributed by atoms with van der Waals surface area (Å²) in [5.74, 6) is 1.58.